The van der Waals surface area contributed by atoms with Crippen LogP contribution >= 0.6 is 0 Å². The van der Waals surface area contributed by atoms with Gasteiger partial charge >= 0.3 is 0 Å². The van der Waals surface area contributed by atoms with Crippen molar-refractivity contribution in [3.8, 4) is 11.3 Å². The van der Waals surface area contributed by atoms with Gasteiger partial charge in [0, 0.05) is 11.9 Å². The van der Waals surface area contributed by atoms with E-state index in [4.69, 9.17) is 0 Å². The SMILES string of the molecule is CC1(C)[C@H]2CC[C@]1(c1cncc(=O)[nH]1)c1nnc(-c3c(F)cccc3F)cc12. The zero-order valence-corrected chi connectivity index (χ0v) is 15.5. The highest BCUT2D eigenvalue weighted by molar-refractivity contribution is 5.64. The molecule has 5 nitrogen and oxygen atoms in total. The number of halogens is 2. The van der Waals surface area contributed by atoms with E-state index in [2.05, 4.69) is 34.0 Å². The highest BCUT2D eigenvalue weighted by Gasteiger charge is 2.64. The molecule has 142 valence electrons. The van der Waals surface area contributed by atoms with Crippen LogP contribution in [0.4, 0.5) is 8.78 Å². The molecule has 1 fully saturated rings. The van der Waals surface area contributed by atoms with Gasteiger partial charge < -0.3 is 4.98 Å². The third-order valence-electron chi connectivity index (χ3n) is 6.71. The Kier molecular flexibility index (Phi) is 3.39. The van der Waals surface area contributed by atoms with Gasteiger partial charge in [-0.05, 0) is 47.9 Å². The van der Waals surface area contributed by atoms with E-state index >= 15 is 0 Å². The van der Waals surface area contributed by atoms with Crippen LogP contribution in [0.3, 0.4) is 0 Å². The normalized spacial score (nSPS) is 24.4. The fourth-order valence-corrected chi connectivity index (χ4v) is 5.38. The lowest BCUT2D eigenvalue weighted by atomic mass is 9.66. The summed E-state index contributed by atoms with van der Waals surface area (Å²) in [5, 5.41) is 8.62. The number of nitrogens with one attached hydrogen (secondary N) is 1. The average molecular weight is 380 g/mol. The highest BCUT2D eigenvalue weighted by Crippen LogP contribution is 2.69. The summed E-state index contributed by atoms with van der Waals surface area (Å²) in [5.74, 6) is -1.18. The predicted molar refractivity (Wildman–Crippen MR) is 98.8 cm³/mol. The van der Waals surface area contributed by atoms with Gasteiger partial charge in [0.2, 0.25) is 0 Å². The summed E-state index contributed by atoms with van der Waals surface area (Å²) in [7, 11) is 0. The minimum atomic E-state index is -0.664. The molecule has 1 saturated carbocycles. The zero-order valence-electron chi connectivity index (χ0n) is 15.5. The van der Waals surface area contributed by atoms with Gasteiger partial charge in [-0.3, -0.25) is 9.78 Å². The summed E-state index contributed by atoms with van der Waals surface area (Å²) in [6.45, 7) is 4.28. The maximum absolute atomic E-state index is 14.3. The van der Waals surface area contributed by atoms with E-state index in [0.717, 1.165) is 24.1 Å². The molecule has 28 heavy (non-hydrogen) atoms. The van der Waals surface area contributed by atoms with Gasteiger partial charge in [-0.25, -0.2) is 8.78 Å². The second-order valence-corrected chi connectivity index (χ2v) is 8.16. The molecule has 2 heterocycles. The van der Waals surface area contributed by atoms with E-state index in [-0.39, 0.29) is 28.1 Å². The first-order chi connectivity index (χ1) is 13.4. The van der Waals surface area contributed by atoms with E-state index in [0.29, 0.717) is 5.69 Å². The fourth-order valence-electron chi connectivity index (χ4n) is 5.38. The Hall–Kier alpha value is -2.96. The van der Waals surface area contributed by atoms with Gasteiger partial charge in [-0.2, -0.15) is 5.10 Å². The molecular weight excluding hydrogens is 362 g/mol. The van der Waals surface area contributed by atoms with Crippen LogP contribution in [0.25, 0.3) is 11.3 Å². The maximum atomic E-state index is 14.3. The smallest absolute Gasteiger partial charge is 0.266 e. The second-order valence-electron chi connectivity index (χ2n) is 8.16. The molecule has 2 aliphatic carbocycles. The Morgan fingerprint density at radius 1 is 1.14 bits per heavy atom. The summed E-state index contributed by atoms with van der Waals surface area (Å²) in [6.07, 6.45) is 4.61. The Balaban J connectivity index is 1.75. The predicted octanol–water partition coefficient (Wildman–Crippen LogP) is 3.71. The monoisotopic (exact) mass is 380 g/mol. The lowest BCUT2D eigenvalue weighted by Gasteiger charge is -2.37. The van der Waals surface area contributed by atoms with Gasteiger partial charge in [-0.1, -0.05) is 19.9 Å². The maximum Gasteiger partial charge on any atom is 0.266 e. The van der Waals surface area contributed by atoms with E-state index in [9.17, 15) is 13.6 Å². The highest BCUT2D eigenvalue weighted by atomic mass is 19.1. The summed E-state index contributed by atoms with van der Waals surface area (Å²) in [4.78, 5) is 18.9. The second kappa shape index (κ2) is 5.53. The molecule has 0 unspecified atom stereocenters. The number of benzene rings is 1. The van der Waals surface area contributed by atoms with Gasteiger partial charge in [0.15, 0.2) is 0 Å². The van der Waals surface area contributed by atoms with Crippen LogP contribution in [0.2, 0.25) is 0 Å². The molecular formula is C21H18F2N4O. The molecule has 0 spiro atoms. The van der Waals surface area contributed by atoms with Crippen molar-refractivity contribution in [3.05, 3.63) is 75.6 Å². The molecule has 0 saturated heterocycles. The molecule has 0 radical (unpaired) electrons. The first-order valence-corrected chi connectivity index (χ1v) is 9.23. The molecule has 1 N–H and O–H groups in total. The van der Waals surface area contributed by atoms with Gasteiger partial charge in [0.1, 0.15) is 11.6 Å². The lowest BCUT2D eigenvalue weighted by molar-refractivity contribution is 0.242. The van der Waals surface area contributed by atoms with Crippen molar-refractivity contribution in [3.63, 3.8) is 0 Å². The van der Waals surface area contributed by atoms with Gasteiger partial charge in [0.05, 0.1) is 28.6 Å². The van der Waals surface area contributed by atoms with Crippen LogP contribution in [0.15, 0.2) is 41.5 Å². The largest absolute Gasteiger partial charge is 0.322 e. The molecule has 2 bridgehead atoms. The molecule has 1 aromatic carbocycles. The Morgan fingerprint density at radius 2 is 1.89 bits per heavy atom. The van der Waals surface area contributed by atoms with Crippen LogP contribution in [0, 0.1) is 17.0 Å². The lowest BCUT2D eigenvalue weighted by Crippen LogP contribution is -2.39. The quantitative estimate of drug-likeness (QED) is 0.736. The van der Waals surface area contributed by atoms with Crippen molar-refractivity contribution in [2.24, 2.45) is 5.41 Å². The van der Waals surface area contributed by atoms with E-state index < -0.39 is 17.0 Å². The average Bonchev–Trinajstić information content (AvgIpc) is 3.03. The van der Waals surface area contributed by atoms with E-state index in [1.54, 1.807) is 12.3 Å². The molecule has 7 heteroatoms. The van der Waals surface area contributed by atoms with Crippen molar-refractivity contribution in [2.45, 2.75) is 38.0 Å². The van der Waals surface area contributed by atoms with Crippen molar-refractivity contribution in [2.75, 3.05) is 0 Å². The third kappa shape index (κ3) is 1.99. The van der Waals surface area contributed by atoms with Crippen molar-refractivity contribution >= 4 is 0 Å². The molecule has 2 aromatic heterocycles. The first-order valence-electron chi connectivity index (χ1n) is 9.23. The van der Waals surface area contributed by atoms with Crippen LogP contribution in [0.5, 0.6) is 0 Å². The topological polar surface area (TPSA) is 71.5 Å². The standard InChI is InChI=1S/C21H18F2N4O/c1-20(2)12-6-7-21(20,16-9-24-10-17(28)25-16)19-11(12)8-15(26-27-19)18-13(22)4-3-5-14(18)23/h3-5,8-10,12H,6-7H2,1-2H3,(H,25,28)/t12-,21-/m0/s1. The molecule has 0 amide bonds. The number of rotatable bonds is 2. The number of aromatic nitrogens is 4. The van der Waals surface area contributed by atoms with E-state index in [1.807, 2.05) is 0 Å². The Labute approximate surface area is 159 Å². The summed E-state index contributed by atoms with van der Waals surface area (Å²) >= 11 is 0. The molecule has 5 rings (SSSR count). The minimum absolute atomic E-state index is 0.148. The molecule has 2 atom stereocenters. The zero-order chi connectivity index (χ0) is 19.7. The minimum Gasteiger partial charge on any atom is -0.322 e. The van der Waals surface area contributed by atoms with Gasteiger partial charge in [-0.15, -0.1) is 5.10 Å². The number of hydrogen-bond donors (Lipinski definition) is 1. The molecule has 2 aliphatic rings. The van der Waals surface area contributed by atoms with Crippen LogP contribution in [-0.4, -0.2) is 20.2 Å². The van der Waals surface area contributed by atoms with Crippen LogP contribution < -0.4 is 5.56 Å². The number of H-pyrrole nitrogens is 1. The number of aromatic amines is 1. The summed E-state index contributed by atoms with van der Waals surface area (Å²) in [5.41, 5.74) is 1.39. The first kappa shape index (κ1) is 17.2. The summed E-state index contributed by atoms with van der Waals surface area (Å²) in [6, 6.07) is 5.51. The number of fused-ring (bicyclic) bond motifs is 5. The molecule has 3 aromatic rings. The Bertz CT molecular complexity index is 1150. The van der Waals surface area contributed by atoms with Crippen LogP contribution in [-0.2, 0) is 5.41 Å². The summed E-state index contributed by atoms with van der Waals surface area (Å²) < 4.78 is 28.5. The number of nitrogens with zero attached hydrogens (tertiary/aromatic N) is 3. The fraction of sp³-hybridized carbons (Fsp3) is 0.333. The van der Waals surface area contributed by atoms with Gasteiger partial charge in [0.25, 0.3) is 5.56 Å². The van der Waals surface area contributed by atoms with Crippen molar-refractivity contribution in [1.82, 2.24) is 20.2 Å². The van der Waals surface area contributed by atoms with E-state index in [1.165, 1.54) is 24.4 Å². The third-order valence-corrected chi connectivity index (χ3v) is 6.71. The number of hydrogen-bond acceptors (Lipinski definition) is 4. The van der Waals surface area contributed by atoms with Crippen molar-refractivity contribution in [1.29, 1.82) is 0 Å². The van der Waals surface area contributed by atoms with Crippen molar-refractivity contribution < 1.29 is 8.78 Å². The molecule has 0 aliphatic heterocycles. The Morgan fingerprint density at radius 3 is 2.61 bits per heavy atom. The van der Waals surface area contributed by atoms with Crippen LogP contribution in [0.1, 0.15) is 49.6 Å².